The van der Waals surface area contributed by atoms with Gasteiger partial charge in [0.1, 0.15) is 12.4 Å². The Balaban J connectivity index is 1.21. The number of hydrogen-bond acceptors (Lipinski definition) is 10. The normalized spacial score (nSPS) is 16.0. The van der Waals surface area contributed by atoms with E-state index in [1.165, 1.54) is 25.0 Å². The van der Waals surface area contributed by atoms with Gasteiger partial charge in [-0.3, -0.25) is 10.1 Å². The molecule has 11 nitrogen and oxygen atoms in total. The Morgan fingerprint density at radius 1 is 0.842 bits per heavy atom. The molecule has 2 aliphatic heterocycles. The molecule has 5 rings (SSSR count). The number of anilines is 3. The molecule has 3 heterocycles. The molecule has 0 amide bonds. The Morgan fingerprint density at radius 3 is 1.97 bits per heavy atom. The van der Waals surface area contributed by atoms with Crippen LogP contribution in [0.4, 0.5) is 23.5 Å². The highest BCUT2D eigenvalue weighted by atomic mass is 16.6. The summed E-state index contributed by atoms with van der Waals surface area (Å²) in [5.41, 5.74) is 4.81. The topological polar surface area (TPSA) is 122 Å². The SMILES string of the molecule is O=[N+]([O-])c1ccc(COc2ccc(/C=N\Nc3nc(N4CCCCC4)nc(N4CCCCC4)n3)cc2)cc1. The lowest BCUT2D eigenvalue weighted by atomic mass is 10.1. The first-order chi connectivity index (χ1) is 18.6. The van der Waals surface area contributed by atoms with Crippen LogP contribution >= 0.6 is 0 Å². The number of nitro groups is 1. The molecule has 2 aromatic carbocycles. The van der Waals surface area contributed by atoms with Crippen molar-refractivity contribution in [2.45, 2.75) is 45.1 Å². The molecule has 0 bridgehead atoms. The lowest BCUT2D eigenvalue weighted by Crippen LogP contribution is -2.34. The van der Waals surface area contributed by atoms with Gasteiger partial charge in [0.25, 0.3) is 5.69 Å². The summed E-state index contributed by atoms with van der Waals surface area (Å²) in [6.45, 7) is 4.18. The van der Waals surface area contributed by atoms with Gasteiger partial charge in [-0.2, -0.15) is 20.1 Å². The maximum Gasteiger partial charge on any atom is 0.269 e. The first-order valence-corrected chi connectivity index (χ1v) is 13.2. The molecule has 0 radical (unpaired) electrons. The first-order valence-electron chi connectivity index (χ1n) is 13.2. The zero-order chi connectivity index (χ0) is 26.2. The third-order valence-corrected chi connectivity index (χ3v) is 6.70. The molecule has 2 fully saturated rings. The minimum atomic E-state index is -0.415. The largest absolute Gasteiger partial charge is 0.489 e. The van der Waals surface area contributed by atoms with E-state index in [0.29, 0.717) is 30.2 Å². The molecule has 1 aromatic heterocycles. The number of nitrogens with zero attached hydrogens (tertiary/aromatic N) is 7. The van der Waals surface area contributed by atoms with E-state index in [0.717, 1.165) is 63.0 Å². The van der Waals surface area contributed by atoms with E-state index in [1.54, 1.807) is 18.3 Å². The summed E-state index contributed by atoms with van der Waals surface area (Å²) in [7, 11) is 0. The highest BCUT2D eigenvalue weighted by molar-refractivity contribution is 5.80. The van der Waals surface area contributed by atoms with Gasteiger partial charge in [0.05, 0.1) is 11.1 Å². The number of non-ortho nitro benzene ring substituents is 1. The summed E-state index contributed by atoms with van der Waals surface area (Å²) in [5, 5.41) is 15.2. The van der Waals surface area contributed by atoms with Crippen molar-refractivity contribution in [1.29, 1.82) is 0 Å². The van der Waals surface area contributed by atoms with E-state index in [1.807, 2.05) is 24.3 Å². The Kier molecular flexibility index (Phi) is 8.22. The molecular formula is C27H32N8O3. The molecule has 198 valence electrons. The van der Waals surface area contributed by atoms with Crippen LogP contribution < -0.4 is 20.0 Å². The summed E-state index contributed by atoms with van der Waals surface area (Å²) in [6, 6.07) is 13.9. The van der Waals surface area contributed by atoms with Gasteiger partial charge in [-0.15, -0.1) is 0 Å². The van der Waals surface area contributed by atoms with E-state index in [4.69, 9.17) is 9.72 Å². The van der Waals surface area contributed by atoms with Gasteiger partial charge in [-0.25, -0.2) is 5.43 Å². The zero-order valence-electron chi connectivity index (χ0n) is 21.3. The Labute approximate surface area is 221 Å². The molecule has 2 aliphatic rings. The van der Waals surface area contributed by atoms with Gasteiger partial charge in [-0.05, 0) is 86.1 Å². The van der Waals surface area contributed by atoms with E-state index in [9.17, 15) is 10.1 Å². The monoisotopic (exact) mass is 516 g/mol. The number of nitrogens with one attached hydrogen (secondary N) is 1. The van der Waals surface area contributed by atoms with Crippen LogP contribution in [0.2, 0.25) is 0 Å². The number of rotatable bonds is 9. The van der Waals surface area contributed by atoms with Crippen LogP contribution in [0.1, 0.15) is 49.7 Å². The van der Waals surface area contributed by atoms with Gasteiger partial charge in [-0.1, -0.05) is 0 Å². The molecule has 38 heavy (non-hydrogen) atoms. The first kappa shape index (κ1) is 25.4. The molecular weight excluding hydrogens is 484 g/mol. The van der Waals surface area contributed by atoms with Gasteiger partial charge >= 0.3 is 0 Å². The number of hydrazone groups is 1. The van der Waals surface area contributed by atoms with Gasteiger partial charge in [0.15, 0.2) is 0 Å². The summed E-state index contributed by atoms with van der Waals surface area (Å²) < 4.78 is 5.80. The predicted octanol–water partition coefficient (Wildman–Crippen LogP) is 4.79. The highest BCUT2D eigenvalue weighted by Gasteiger charge is 2.20. The van der Waals surface area contributed by atoms with Crippen molar-refractivity contribution in [3.63, 3.8) is 0 Å². The molecule has 1 N–H and O–H groups in total. The maximum absolute atomic E-state index is 10.8. The molecule has 0 unspecified atom stereocenters. The van der Waals surface area contributed by atoms with E-state index >= 15 is 0 Å². The van der Waals surface area contributed by atoms with E-state index < -0.39 is 4.92 Å². The summed E-state index contributed by atoms with van der Waals surface area (Å²) in [6.07, 6.45) is 8.82. The van der Waals surface area contributed by atoms with Gasteiger partial charge < -0.3 is 14.5 Å². The van der Waals surface area contributed by atoms with Crippen LogP contribution in [0.15, 0.2) is 53.6 Å². The van der Waals surface area contributed by atoms with Crippen molar-refractivity contribution >= 4 is 29.7 Å². The van der Waals surface area contributed by atoms with Crippen molar-refractivity contribution in [1.82, 2.24) is 15.0 Å². The smallest absolute Gasteiger partial charge is 0.269 e. The summed E-state index contributed by atoms with van der Waals surface area (Å²) in [5.74, 6) is 2.57. The fraction of sp³-hybridized carbons (Fsp3) is 0.407. The van der Waals surface area contributed by atoms with Crippen LogP contribution in [0.5, 0.6) is 5.75 Å². The third-order valence-electron chi connectivity index (χ3n) is 6.70. The summed E-state index contributed by atoms with van der Waals surface area (Å²) in [4.78, 5) is 29.0. The Morgan fingerprint density at radius 2 is 1.42 bits per heavy atom. The van der Waals surface area contributed by atoms with Crippen LogP contribution in [-0.4, -0.2) is 52.3 Å². The average Bonchev–Trinajstić information content (AvgIpc) is 2.98. The van der Waals surface area contributed by atoms with E-state index in [-0.39, 0.29) is 5.69 Å². The van der Waals surface area contributed by atoms with Crippen LogP contribution in [0.3, 0.4) is 0 Å². The predicted molar refractivity (Wildman–Crippen MR) is 147 cm³/mol. The molecule has 0 aliphatic carbocycles. The average molecular weight is 517 g/mol. The number of benzene rings is 2. The minimum absolute atomic E-state index is 0.0635. The van der Waals surface area contributed by atoms with Crippen molar-refractivity contribution in [2.24, 2.45) is 5.10 Å². The quantitative estimate of drug-likeness (QED) is 0.243. The van der Waals surface area contributed by atoms with Gasteiger partial charge in [0.2, 0.25) is 17.8 Å². The molecule has 11 heteroatoms. The molecule has 3 aromatic rings. The fourth-order valence-corrected chi connectivity index (χ4v) is 4.57. The molecule has 2 saturated heterocycles. The second-order valence-corrected chi connectivity index (χ2v) is 9.51. The minimum Gasteiger partial charge on any atom is -0.489 e. The second-order valence-electron chi connectivity index (χ2n) is 9.51. The summed E-state index contributed by atoms with van der Waals surface area (Å²) >= 11 is 0. The Bertz CT molecular complexity index is 1200. The van der Waals surface area contributed by atoms with E-state index in [2.05, 4.69) is 30.3 Å². The number of aromatic nitrogens is 3. The fourth-order valence-electron chi connectivity index (χ4n) is 4.57. The standard InChI is InChI=1S/C27H32N8O3/c36-35(37)23-11-7-22(8-12-23)20-38-24-13-9-21(10-14-24)19-28-32-25-29-26(33-15-3-1-4-16-33)31-27(30-25)34-17-5-2-6-18-34/h7-14,19H,1-6,15-18,20H2,(H,29,30,31,32)/b28-19-. The van der Waals surface area contributed by atoms with Crippen molar-refractivity contribution < 1.29 is 9.66 Å². The lowest BCUT2D eigenvalue weighted by molar-refractivity contribution is -0.384. The zero-order valence-corrected chi connectivity index (χ0v) is 21.3. The van der Waals surface area contributed by atoms with Crippen LogP contribution in [-0.2, 0) is 6.61 Å². The molecule has 0 atom stereocenters. The second kappa shape index (κ2) is 12.3. The number of nitro benzene ring substituents is 1. The Hall–Kier alpha value is -4.28. The lowest BCUT2D eigenvalue weighted by Gasteiger charge is -2.30. The molecule has 0 saturated carbocycles. The van der Waals surface area contributed by atoms with Gasteiger partial charge in [0, 0.05) is 38.3 Å². The van der Waals surface area contributed by atoms with Crippen molar-refractivity contribution in [2.75, 3.05) is 41.4 Å². The number of piperidine rings is 2. The van der Waals surface area contributed by atoms with Crippen molar-refractivity contribution in [3.05, 3.63) is 69.8 Å². The maximum atomic E-state index is 10.8. The third kappa shape index (κ3) is 6.72. The number of ether oxygens (including phenoxy) is 1. The molecule has 0 spiro atoms. The van der Waals surface area contributed by atoms with Crippen LogP contribution in [0.25, 0.3) is 0 Å². The van der Waals surface area contributed by atoms with Crippen LogP contribution in [0, 0.1) is 10.1 Å². The number of hydrogen-bond donors (Lipinski definition) is 1. The highest BCUT2D eigenvalue weighted by Crippen LogP contribution is 2.23. The van der Waals surface area contributed by atoms with Crippen molar-refractivity contribution in [3.8, 4) is 5.75 Å².